The van der Waals surface area contributed by atoms with Crippen molar-refractivity contribution in [1.29, 1.82) is 0 Å². The number of rotatable bonds is 2. The third-order valence-corrected chi connectivity index (χ3v) is 7.14. The van der Waals surface area contributed by atoms with Crippen LogP contribution in [0.25, 0.3) is 0 Å². The predicted molar refractivity (Wildman–Crippen MR) is 83.6 cm³/mol. The summed E-state index contributed by atoms with van der Waals surface area (Å²) in [6, 6.07) is 12.5. The van der Waals surface area contributed by atoms with Gasteiger partial charge in [0.25, 0.3) is 0 Å². The summed E-state index contributed by atoms with van der Waals surface area (Å²) in [5.74, 6) is 0.122. The van der Waals surface area contributed by atoms with Gasteiger partial charge in [0.05, 0.1) is 25.9 Å². The average molecular weight is 345 g/mol. The van der Waals surface area contributed by atoms with Gasteiger partial charge in [-0.05, 0) is 29.8 Å². The quantitative estimate of drug-likeness (QED) is 0.797. The number of halogens is 2. The van der Waals surface area contributed by atoms with E-state index < -0.39 is 9.84 Å². The standard InChI is InChI=1S/C14H10Cl2O2S2/c15-11-6-5-9(7-12(11)16)19-13-8-20(17,18)14-4-2-1-3-10(13)14/h1-7,13H,8H2. The lowest BCUT2D eigenvalue weighted by atomic mass is 10.2. The molecule has 0 aliphatic carbocycles. The van der Waals surface area contributed by atoms with Crippen LogP contribution in [-0.2, 0) is 9.84 Å². The van der Waals surface area contributed by atoms with E-state index in [1.165, 1.54) is 11.8 Å². The zero-order valence-corrected chi connectivity index (χ0v) is 13.4. The first-order valence-corrected chi connectivity index (χ1v) is 9.19. The Bertz CT molecular complexity index is 772. The predicted octanol–water partition coefficient (Wildman–Crippen LogP) is 4.61. The molecule has 6 heteroatoms. The number of hydrogen-bond acceptors (Lipinski definition) is 3. The Morgan fingerprint density at radius 3 is 2.55 bits per heavy atom. The third kappa shape index (κ3) is 2.58. The molecule has 1 unspecified atom stereocenters. The van der Waals surface area contributed by atoms with Crippen molar-refractivity contribution in [2.24, 2.45) is 0 Å². The van der Waals surface area contributed by atoms with Crippen LogP contribution in [0.1, 0.15) is 10.8 Å². The summed E-state index contributed by atoms with van der Waals surface area (Å²) in [5.41, 5.74) is 0.864. The first-order chi connectivity index (χ1) is 9.47. The Labute approximate surface area is 132 Å². The van der Waals surface area contributed by atoms with Gasteiger partial charge in [-0.15, -0.1) is 11.8 Å². The average Bonchev–Trinajstić information content (AvgIpc) is 2.66. The molecule has 0 fully saturated rings. The summed E-state index contributed by atoms with van der Waals surface area (Å²) in [6.07, 6.45) is 0. The van der Waals surface area contributed by atoms with Crippen molar-refractivity contribution in [3.05, 3.63) is 58.1 Å². The second kappa shape index (κ2) is 5.26. The van der Waals surface area contributed by atoms with Crippen LogP contribution in [0.3, 0.4) is 0 Å². The second-order valence-electron chi connectivity index (χ2n) is 4.50. The lowest BCUT2D eigenvalue weighted by Gasteiger charge is -2.10. The number of benzene rings is 2. The van der Waals surface area contributed by atoms with Crippen LogP contribution in [0.15, 0.2) is 52.3 Å². The number of hydrogen-bond donors (Lipinski definition) is 0. The van der Waals surface area contributed by atoms with Gasteiger partial charge in [-0.2, -0.15) is 0 Å². The summed E-state index contributed by atoms with van der Waals surface area (Å²) in [5, 5.41) is 0.870. The van der Waals surface area contributed by atoms with Crippen LogP contribution in [0.5, 0.6) is 0 Å². The fraction of sp³-hybridized carbons (Fsp3) is 0.143. The molecular weight excluding hydrogens is 335 g/mol. The molecule has 0 bridgehead atoms. The normalized spacial score (nSPS) is 19.8. The van der Waals surface area contributed by atoms with Crippen LogP contribution in [0.2, 0.25) is 10.0 Å². The summed E-state index contributed by atoms with van der Waals surface area (Å²) < 4.78 is 24.2. The van der Waals surface area contributed by atoms with Crippen molar-refractivity contribution in [2.45, 2.75) is 15.0 Å². The van der Waals surface area contributed by atoms with E-state index in [2.05, 4.69) is 0 Å². The smallest absolute Gasteiger partial charge is 0.180 e. The van der Waals surface area contributed by atoms with E-state index in [1.54, 1.807) is 24.3 Å². The Balaban J connectivity index is 1.95. The van der Waals surface area contributed by atoms with Gasteiger partial charge in [0.2, 0.25) is 0 Å². The maximum atomic E-state index is 12.1. The van der Waals surface area contributed by atoms with Crippen molar-refractivity contribution in [1.82, 2.24) is 0 Å². The highest BCUT2D eigenvalue weighted by Crippen LogP contribution is 2.45. The molecule has 2 aromatic carbocycles. The molecule has 20 heavy (non-hydrogen) atoms. The minimum absolute atomic E-state index is 0.103. The first-order valence-electron chi connectivity index (χ1n) is 5.91. The zero-order valence-electron chi connectivity index (χ0n) is 10.2. The van der Waals surface area contributed by atoms with Gasteiger partial charge in [0.15, 0.2) is 9.84 Å². The van der Waals surface area contributed by atoms with E-state index in [0.717, 1.165) is 10.5 Å². The number of thioether (sulfide) groups is 1. The molecule has 0 spiro atoms. The monoisotopic (exact) mass is 344 g/mol. The highest BCUT2D eigenvalue weighted by Gasteiger charge is 2.34. The molecule has 1 aliphatic rings. The van der Waals surface area contributed by atoms with Crippen molar-refractivity contribution in [2.75, 3.05) is 5.75 Å². The molecule has 0 amide bonds. The van der Waals surface area contributed by atoms with Crippen LogP contribution >= 0.6 is 35.0 Å². The van der Waals surface area contributed by atoms with Gasteiger partial charge in [0.1, 0.15) is 0 Å². The zero-order chi connectivity index (χ0) is 14.3. The van der Waals surface area contributed by atoms with Crippen molar-refractivity contribution in [3.63, 3.8) is 0 Å². The van der Waals surface area contributed by atoms with Gasteiger partial charge in [-0.1, -0.05) is 41.4 Å². The largest absolute Gasteiger partial charge is 0.224 e. The van der Waals surface area contributed by atoms with Gasteiger partial charge < -0.3 is 0 Å². The van der Waals surface area contributed by atoms with Crippen LogP contribution in [0, 0.1) is 0 Å². The molecule has 1 aliphatic heterocycles. The van der Waals surface area contributed by atoms with Gasteiger partial charge >= 0.3 is 0 Å². The topological polar surface area (TPSA) is 34.1 Å². The van der Waals surface area contributed by atoms with Crippen LogP contribution in [-0.4, -0.2) is 14.2 Å². The van der Waals surface area contributed by atoms with Crippen LogP contribution in [0.4, 0.5) is 0 Å². The van der Waals surface area contributed by atoms with E-state index in [0.29, 0.717) is 14.9 Å². The van der Waals surface area contributed by atoms with Gasteiger partial charge in [-0.3, -0.25) is 0 Å². The Morgan fingerprint density at radius 2 is 1.80 bits per heavy atom. The molecule has 0 saturated heterocycles. The number of sulfone groups is 1. The van der Waals surface area contributed by atoms with Gasteiger partial charge in [0, 0.05) is 4.90 Å². The Morgan fingerprint density at radius 1 is 1.05 bits per heavy atom. The van der Waals surface area contributed by atoms with E-state index in [4.69, 9.17) is 23.2 Å². The maximum Gasteiger partial charge on any atom is 0.180 e. The first kappa shape index (κ1) is 14.3. The third-order valence-electron chi connectivity index (χ3n) is 3.14. The summed E-state index contributed by atoms with van der Waals surface area (Å²) >= 11 is 13.4. The lowest BCUT2D eigenvalue weighted by molar-refractivity contribution is 0.600. The molecule has 1 atom stereocenters. The Kier molecular flexibility index (Phi) is 3.75. The SMILES string of the molecule is O=S1(=O)CC(Sc2ccc(Cl)c(Cl)c2)c2ccccc21. The molecule has 0 N–H and O–H groups in total. The lowest BCUT2D eigenvalue weighted by Crippen LogP contribution is -2.00. The molecule has 2 nitrogen and oxygen atoms in total. The highest BCUT2D eigenvalue weighted by molar-refractivity contribution is 8.01. The molecule has 0 aromatic heterocycles. The molecular formula is C14H10Cl2O2S2. The molecule has 0 saturated carbocycles. The Hall–Kier alpha value is -0.680. The molecule has 1 heterocycles. The molecule has 0 radical (unpaired) electrons. The summed E-state index contributed by atoms with van der Waals surface area (Å²) in [4.78, 5) is 1.36. The van der Waals surface area contributed by atoms with E-state index in [-0.39, 0.29) is 11.0 Å². The summed E-state index contributed by atoms with van der Waals surface area (Å²) in [6.45, 7) is 0. The van der Waals surface area contributed by atoms with E-state index in [1.807, 2.05) is 18.2 Å². The second-order valence-corrected chi connectivity index (χ2v) is 8.59. The minimum atomic E-state index is -3.17. The summed E-state index contributed by atoms with van der Waals surface area (Å²) in [7, 11) is -3.17. The van der Waals surface area contributed by atoms with Crippen LogP contribution < -0.4 is 0 Å². The van der Waals surface area contributed by atoms with E-state index in [9.17, 15) is 8.42 Å². The molecule has 3 rings (SSSR count). The van der Waals surface area contributed by atoms with Crippen molar-refractivity contribution < 1.29 is 8.42 Å². The molecule has 104 valence electrons. The molecule has 2 aromatic rings. The fourth-order valence-corrected chi connectivity index (χ4v) is 6.07. The highest BCUT2D eigenvalue weighted by atomic mass is 35.5. The maximum absolute atomic E-state index is 12.1. The van der Waals surface area contributed by atoms with Crippen molar-refractivity contribution >= 4 is 44.8 Å². The fourth-order valence-electron chi connectivity index (χ4n) is 2.22. The van der Waals surface area contributed by atoms with E-state index >= 15 is 0 Å². The minimum Gasteiger partial charge on any atom is -0.224 e. The van der Waals surface area contributed by atoms with Gasteiger partial charge in [-0.25, -0.2) is 8.42 Å². The number of fused-ring (bicyclic) bond motifs is 1. The van der Waals surface area contributed by atoms with Crippen molar-refractivity contribution in [3.8, 4) is 0 Å².